The highest BCUT2D eigenvalue weighted by Crippen LogP contribution is 2.29. The fourth-order valence-corrected chi connectivity index (χ4v) is 3.28. The van der Waals surface area contributed by atoms with E-state index in [9.17, 15) is 0 Å². The fraction of sp³-hybridized carbons (Fsp3) is 0.0588. The van der Waals surface area contributed by atoms with Crippen LogP contribution in [0.2, 0.25) is 5.02 Å². The van der Waals surface area contributed by atoms with Gasteiger partial charge in [-0.1, -0.05) is 45.7 Å². The van der Waals surface area contributed by atoms with Gasteiger partial charge >= 0.3 is 0 Å². The maximum absolute atomic E-state index is 6.39. The Morgan fingerprint density at radius 1 is 1.09 bits per heavy atom. The number of aliphatic imine (C=N–C) groups is 1. The topological polar surface area (TPSA) is 30.2 Å². The number of hydrogen-bond acceptors (Lipinski definition) is 2. The predicted octanol–water partition coefficient (Wildman–Crippen LogP) is 4.64. The summed E-state index contributed by atoms with van der Waals surface area (Å²) in [7, 11) is 0. The summed E-state index contributed by atoms with van der Waals surface area (Å²) in [5.41, 5.74) is 3.94. The normalized spacial score (nSPS) is 13.1. The van der Waals surface area contributed by atoms with Gasteiger partial charge in [0, 0.05) is 33.0 Å². The number of halogens is 2. The molecule has 0 saturated carbocycles. The van der Waals surface area contributed by atoms with Crippen molar-refractivity contribution < 1.29 is 0 Å². The van der Waals surface area contributed by atoms with Gasteiger partial charge in [0.2, 0.25) is 0 Å². The van der Waals surface area contributed by atoms with Crippen LogP contribution in [0, 0.1) is 0 Å². The van der Waals surface area contributed by atoms with E-state index in [0.717, 1.165) is 32.8 Å². The van der Waals surface area contributed by atoms with Gasteiger partial charge in [0.05, 0.1) is 17.9 Å². The highest BCUT2D eigenvalue weighted by Gasteiger charge is 2.20. The van der Waals surface area contributed by atoms with Gasteiger partial charge in [-0.3, -0.25) is 4.99 Å². The predicted molar refractivity (Wildman–Crippen MR) is 92.1 cm³/mol. The zero-order chi connectivity index (χ0) is 15.1. The zero-order valence-electron chi connectivity index (χ0n) is 11.5. The van der Waals surface area contributed by atoms with Gasteiger partial charge in [-0.2, -0.15) is 0 Å². The molecule has 0 amide bonds. The molecule has 2 heterocycles. The van der Waals surface area contributed by atoms with Crippen molar-refractivity contribution in [3.05, 3.63) is 81.3 Å². The second-order valence-electron chi connectivity index (χ2n) is 5.02. The van der Waals surface area contributed by atoms with E-state index in [1.807, 2.05) is 36.5 Å². The van der Waals surface area contributed by atoms with Crippen LogP contribution in [0.4, 0.5) is 0 Å². The van der Waals surface area contributed by atoms with Crippen molar-refractivity contribution >= 4 is 33.2 Å². The molecule has 0 radical (unpaired) electrons. The van der Waals surface area contributed by atoms with E-state index in [4.69, 9.17) is 16.6 Å². The number of aromatic nitrogens is 2. The molecule has 1 aliphatic rings. The quantitative estimate of drug-likeness (QED) is 0.612. The lowest BCUT2D eigenvalue weighted by Gasteiger charge is -2.13. The van der Waals surface area contributed by atoms with Crippen LogP contribution in [-0.4, -0.2) is 15.3 Å². The molecule has 0 aliphatic carbocycles. The first-order valence-corrected chi connectivity index (χ1v) is 8.03. The van der Waals surface area contributed by atoms with Crippen LogP contribution < -0.4 is 0 Å². The number of imidazole rings is 1. The van der Waals surface area contributed by atoms with Gasteiger partial charge in [-0.25, -0.2) is 4.98 Å². The van der Waals surface area contributed by atoms with Crippen LogP contribution >= 0.6 is 27.5 Å². The first-order chi connectivity index (χ1) is 10.7. The van der Waals surface area contributed by atoms with Crippen LogP contribution in [0.15, 0.2) is 64.3 Å². The Bertz CT molecular complexity index is 898. The monoisotopic (exact) mass is 371 g/mol. The number of hydrogen-bond donors (Lipinski definition) is 0. The van der Waals surface area contributed by atoms with E-state index >= 15 is 0 Å². The number of fused-ring (bicyclic) bond motifs is 3. The molecule has 0 atom stereocenters. The Morgan fingerprint density at radius 2 is 1.95 bits per heavy atom. The van der Waals surface area contributed by atoms with Crippen LogP contribution in [0.5, 0.6) is 0 Å². The Labute approximate surface area is 141 Å². The summed E-state index contributed by atoms with van der Waals surface area (Å²) in [6.07, 6.45) is 3.77. The molecule has 0 bridgehead atoms. The SMILES string of the molecule is Clc1ccccc1C1=NCc2nccn2-c2ccc(Br)cc21. The molecule has 0 unspecified atom stereocenters. The third-order valence-corrected chi connectivity index (χ3v) is 4.52. The molecule has 1 aliphatic heterocycles. The summed E-state index contributed by atoms with van der Waals surface area (Å²) in [5.74, 6) is 0.922. The largest absolute Gasteiger partial charge is 0.302 e. The molecule has 5 heteroatoms. The van der Waals surface area contributed by atoms with Gasteiger partial charge in [0.25, 0.3) is 0 Å². The van der Waals surface area contributed by atoms with Gasteiger partial charge < -0.3 is 4.57 Å². The van der Waals surface area contributed by atoms with Gasteiger partial charge in [0.1, 0.15) is 5.82 Å². The third kappa shape index (κ3) is 2.19. The van der Waals surface area contributed by atoms with Crippen molar-refractivity contribution in [1.29, 1.82) is 0 Å². The Hall–Kier alpha value is -1.91. The minimum absolute atomic E-state index is 0.528. The molecule has 4 rings (SSSR count). The highest BCUT2D eigenvalue weighted by molar-refractivity contribution is 9.10. The maximum Gasteiger partial charge on any atom is 0.134 e. The first-order valence-electron chi connectivity index (χ1n) is 6.86. The van der Waals surface area contributed by atoms with Crippen LogP contribution in [0.1, 0.15) is 17.0 Å². The van der Waals surface area contributed by atoms with Gasteiger partial charge in [-0.15, -0.1) is 0 Å². The van der Waals surface area contributed by atoms with Crippen molar-refractivity contribution in [3.8, 4) is 5.69 Å². The number of rotatable bonds is 1. The molecule has 0 spiro atoms. The second kappa shape index (κ2) is 5.38. The van der Waals surface area contributed by atoms with E-state index in [0.29, 0.717) is 11.6 Å². The molecular weight excluding hydrogens is 362 g/mol. The molecule has 2 aromatic carbocycles. The molecule has 0 N–H and O–H groups in total. The molecule has 108 valence electrons. The molecule has 0 saturated heterocycles. The zero-order valence-corrected chi connectivity index (χ0v) is 13.8. The summed E-state index contributed by atoms with van der Waals surface area (Å²) in [6, 6.07) is 14.0. The van der Waals surface area contributed by atoms with Gasteiger partial charge in [0.15, 0.2) is 0 Å². The number of benzene rings is 2. The van der Waals surface area contributed by atoms with Crippen molar-refractivity contribution in [3.63, 3.8) is 0 Å². The fourth-order valence-electron chi connectivity index (χ4n) is 2.70. The standard InChI is InChI=1S/C17H11BrClN3/c18-11-5-6-15-13(9-11)17(12-3-1-2-4-14(12)19)21-10-16-20-7-8-22(15)16/h1-9H,10H2. The molecule has 1 aromatic heterocycles. The molecule has 3 nitrogen and oxygen atoms in total. The minimum Gasteiger partial charge on any atom is -0.302 e. The van der Waals surface area contributed by atoms with E-state index < -0.39 is 0 Å². The lowest BCUT2D eigenvalue weighted by Crippen LogP contribution is -2.07. The van der Waals surface area contributed by atoms with Crippen molar-refractivity contribution in [2.24, 2.45) is 4.99 Å². The van der Waals surface area contributed by atoms with Crippen molar-refractivity contribution in [1.82, 2.24) is 9.55 Å². The Morgan fingerprint density at radius 3 is 2.82 bits per heavy atom. The lowest BCUT2D eigenvalue weighted by atomic mass is 10.0. The first kappa shape index (κ1) is 13.7. The van der Waals surface area contributed by atoms with Crippen LogP contribution in [-0.2, 0) is 6.54 Å². The summed E-state index contributed by atoms with van der Waals surface area (Å²) in [4.78, 5) is 9.18. The molecule has 22 heavy (non-hydrogen) atoms. The number of nitrogens with zero attached hydrogens (tertiary/aromatic N) is 3. The van der Waals surface area contributed by atoms with E-state index in [2.05, 4.69) is 37.6 Å². The molecule has 3 aromatic rings. The van der Waals surface area contributed by atoms with Crippen LogP contribution in [0.25, 0.3) is 5.69 Å². The molecular formula is C17H11BrClN3. The maximum atomic E-state index is 6.39. The van der Waals surface area contributed by atoms with E-state index in [-0.39, 0.29) is 0 Å². The Kier molecular flexibility index (Phi) is 3.36. The highest BCUT2D eigenvalue weighted by atomic mass is 79.9. The van der Waals surface area contributed by atoms with Crippen molar-refractivity contribution in [2.75, 3.05) is 0 Å². The van der Waals surface area contributed by atoms with Crippen LogP contribution in [0.3, 0.4) is 0 Å². The van der Waals surface area contributed by atoms with Gasteiger partial charge in [-0.05, 0) is 24.3 Å². The summed E-state index contributed by atoms with van der Waals surface area (Å²) in [6.45, 7) is 0.528. The summed E-state index contributed by atoms with van der Waals surface area (Å²) >= 11 is 9.94. The summed E-state index contributed by atoms with van der Waals surface area (Å²) < 4.78 is 3.09. The van der Waals surface area contributed by atoms with E-state index in [1.165, 1.54) is 0 Å². The molecule has 0 fully saturated rings. The minimum atomic E-state index is 0.528. The Balaban J connectivity index is 2.01. The average Bonchev–Trinajstić information content (AvgIpc) is 2.92. The lowest BCUT2D eigenvalue weighted by molar-refractivity contribution is 0.879. The summed E-state index contributed by atoms with van der Waals surface area (Å²) in [5, 5.41) is 0.701. The average molecular weight is 373 g/mol. The van der Waals surface area contributed by atoms with E-state index in [1.54, 1.807) is 6.20 Å². The third-order valence-electron chi connectivity index (χ3n) is 3.70. The van der Waals surface area contributed by atoms with Crippen molar-refractivity contribution in [2.45, 2.75) is 6.54 Å². The smallest absolute Gasteiger partial charge is 0.134 e. The second-order valence-corrected chi connectivity index (χ2v) is 6.34.